The summed E-state index contributed by atoms with van der Waals surface area (Å²) in [5.41, 5.74) is 3.50. The van der Waals surface area contributed by atoms with E-state index in [0.717, 1.165) is 41.3 Å². The fourth-order valence-corrected chi connectivity index (χ4v) is 5.65. The Hall–Kier alpha value is -2.61. The number of carbonyl (C=O) groups is 1. The van der Waals surface area contributed by atoms with Gasteiger partial charge in [0.1, 0.15) is 11.5 Å². The van der Waals surface area contributed by atoms with Crippen LogP contribution in [0.25, 0.3) is 11.3 Å². The Labute approximate surface area is 175 Å². The minimum Gasteiger partial charge on any atom is -0.464 e. The minimum absolute atomic E-state index is 0.0567. The van der Waals surface area contributed by atoms with Gasteiger partial charge < -0.3 is 14.5 Å². The first kappa shape index (κ1) is 19.4. The van der Waals surface area contributed by atoms with Crippen molar-refractivity contribution in [1.29, 1.82) is 0 Å². The van der Waals surface area contributed by atoms with Gasteiger partial charge in [-0.1, -0.05) is 6.07 Å². The molecule has 0 fully saturated rings. The molecular formula is C22H18F3NO3S. The number of carbonyl (C=O) groups excluding carboxylic acids is 1. The van der Waals surface area contributed by atoms with E-state index >= 15 is 0 Å². The van der Waals surface area contributed by atoms with Crippen LogP contribution < -0.4 is 10.1 Å². The van der Waals surface area contributed by atoms with Gasteiger partial charge in [0.2, 0.25) is 0 Å². The van der Waals surface area contributed by atoms with Gasteiger partial charge in [-0.25, -0.2) is 0 Å². The molecule has 0 saturated carbocycles. The van der Waals surface area contributed by atoms with E-state index in [2.05, 4.69) is 10.1 Å². The number of benzene rings is 1. The normalized spacial score (nSPS) is 21.4. The van der Waals surface area contributed by atoms with E-state index in [1.54, 1.807) is 36.0 Å². The molecule has 0 saturated heterocycles. The average Bonchev–Trinajstić information content (AvgIpc) is 3.37. The molecule has 2 aliphatic heterocycles. The molecule has 0 radical (unpaired) electrons. The Morgan fingerprint density at radius 1 is 1.13 bits per heavy atom. The molecule has 4 nitrogen and oxygen atoms in total. The molecule has 3 aliphatic rings. The van der Waals surface area contributed by atoms with Crippen molar-refractivity contribution in [2.24, 2.45) is 0 Å². The third-order valence-corrected chi connectivity index (χ3v) is 6.77. The summed E-state index contributed by atoms with van der Waals surface area (Å²) in [7, 11) is 0. The number of thioether (sulfide) groups is 1. The summed E-state index contributed by atoms with van der Waals surface area (Å²) in [4.78, 5) is 13.8. The van der Waals surface area contributed by atoms with Gasteiger partial charge in [0.15, 0.2) is 5.78 Å². The van der Waals surface area contributed by atoms with Crippen LogP contribution in [0.2, 0.25) is 0 Å². The number of Topliss-reactive ketones (excluding diaryl/α,β-unsaturated/α-hetero) is 1. The topological polar surface area (TPSA) is 51.5 Å². The minimum atomic E-state index is -4.84. The van der Waals surface area contributed by atoms with E-state index in [1.807, 2.05) is 0 Å². The number of hydrogen-bond donors (Lipinski definition) is 1. The van der Waals surface area contributed by atoms with Crippen LogP contribution in [-0.2, 0) is 4.79 Å². The number of halogens is 3. The molecule has 1 aromatic carbocycles. The molecular weight excluding hydrogens is 415 g/mol. The van der Waals surface area contributed by atoms with Crippen LogP contribution in [0.4, 0.5) is 13.2 Å². The van der Waals surface area contributed by atoms with Crippen molar-refractivity contribution in [3.8, 4) is 17.1 Å². The zero-order chi connectivity index (χ0) is 20.9. The van der Waals surface area contributed by atoms with Crippen LogP contribution in [-0.4, -0.2) is 17.9 Å². The third-order valence-electron chi connectivity index (χ3n) is 5.57. The molecule has 0 spiro atoms. The predicted octanol–water partition coefficient (Wildman–Crippen LogP) is 5.89. The Kier molecular flexibility index (Phi) is 4.69. The van der Waals surface area contributed by atoms with Gasteiger partial charge in [-0.2, -0.15) is 0 Å². The lowest BCUT2D eigenvalue weighted by atomic mass is 9.79. The van der Waals surface area contributed by atoms with Crippen LogP contribution in [0, 0.1) is 0 Å². The van der Waals surface area contributed by atoms with Crippen LogP contribution in [0.1, 0.15) is 37.2 Å². The molecule has 30 heavy (non-hydrogen) atoms. The fourth-order valence-electron chi connectivity index (χ4n) is 4.38. The Morgan fingerprint density at radius 3 is 2.77 bits per heavy atom. The largest absolute Gasteiger partial charge is 0.573 e. The summed E-state index contributed by atoms with van der Waals surface area (Å²) in [5.74, 6) is 0.539. The van der Waals surface area contributed by atoms with Gasteiger partial charge >= 0.3 is 6.36 Å². The van der Waals surface area contributed by atoms with E-state index in [-0.39, 0.29) is 28.8 Å². The van der Waals surface area contributed by atoms with Crippen LogP contribution in [0.5, 0.6) is 5.75 Å². The third kappa shape index (κ3) is 3.43. The highest BCUT2D eigenvalue weighted by Crippen LogP contribution is 2.51. The predicted molar refractivity (Wildman–Crippen MR) is 107 cm³/mol. The maximum absolute atomic E-state index is 13.1. The van der Waals surface area contributed by atoms with Gasteiger partial charge in [0.05, 0.1) is 11.8 Å². The summed E-state index contributed by atoms with van der Waals surface area (Å²) >= 11 is 1.66. The zero-order valence-corrected chi connectivity index (χ0v) is 16.7. The van der Waals surface area contributed by atoms with Crippen molar-refractivity contribution in [2.75, 3.05) is 5.75 Å². The number of allylic oxidation sites excluding steroid dienone is 4. The Balaban J connectivity index is 1.65. The van der Waals surface area contributed by atoms with Gasteiger partial charge in [-0.15, -0.1) is 24.9 Å². The van der Waals surface area contributed by atoms with Crippen molar-refractivity contribution in [3.05, 3.63) is 64.0 Å². The van der Waals surface area contributed by atoms with Crippen molar-refractivity contribution >= 4 is 17.5 Å². The number of ketones is 1. The standard InChI is InChI=1S/C22H18F3NO3S/c23-22(24,25)29-18-11-12(6-7-13(18)17-5-2-9-28-17)19-20-14(3-1-4-16(20)27)26-15-8-10-30-21(15)19/h2,5-7,9,11,19,26H,1,3-4,8,10H2. The maximum Gasteiger partial charge on any atom is 0.573 e. The van der Waals surface area contributed by atoms with Crippen LogP contribution in [0.15, 0.2) is 62.9 Å². The first-order valence-electron chi connectivity index (χ1n) is 9.73. The summed E-state index contributed by atoms with van der Waals surface area (Å²) in [6.07, 6.45) is -0.565. The van der Waals surface area contributed by atoms with E-state index in [1.165, 1.54) is 12.3 Å². The second-order valence-electron chi connectivity index (χ2n) is 7.45. The first-order chi connectivity index (χ1) is 14.4. The molecule has 1 unspecified atom stereocenters. The second-order valence-corrected chi connectivity index (χ2v) is 8.59. The highest BCUT2D eigenvalue weighted by molar-refractivity contribution is 8.03. The average molecular weight is 433 g/mol. The lowest BCUT2D eigenvalue weighted by molar-refractivity contribution is -0.274. The Bertz CT molecular complexity index is 1070. The number of nitrogens with one attached hydrogen (secondary N) is 1. The van der Waals surface area contributed by atoms with Crippen molar-refractivity contribution in [2.45, 2.75) is 38.0 Å². The van der Waals surface area contributed by atoms with Crippen molar-refractivity contribution in [3.63, 3.8) is 0 Å². The molecule has 3 heterocycles. The van der Waals surface area contributed by atoms with E-state index in [0.29, 0.717) is 17.6 Å². The second kappa shape index (κ2) is 7.27. The molecule has 1 aromatic heterocycles. The molecule has 1 aliphatic carbocycles. The van der Waals surface area contributed by atoms with Gasteiger partial charge in [0.25, 0.3) is 0 Å². The molecule has 0 bridgehead atoms. The maximum atomic E-state index is 13.1. The van der Waals surface area contributed by atoms with Crippen molar-refractivity contribution in [1.82, 2.24) is 5.32 Å². The number of hydrogen-bond acceptors (Lipinski definition) is 5. The van der Waals surface area contributed by atoms with Gasteiger partial charge in [0, 0.05) is 40.0 Å². The van der Waals surface area contributed by atoms with Crippen LogP contribution in [0.3, 0.4) is 0 Å². The number of rotatable bonds is 3. The Morgan fingerprint density at radius 2 is 2.00 bits per heavy atom. The number of ether oxygens (including phenoxy) is 1. The van der Waals surface area contributed by atoms with E-state index < -0.39 is 6.36 Å². The highest BCUT2D eigenvalue weighted by atomic mass is 32.2. The van der Waals surface area contributed by atoms with Gasteiger partial charge in [-0.05, 0) is 49.1 Å². The molecule has 0 amide bonds. The summed E-state index contributed by atoms with van der Waals surface area (Å²) < 4.78 is 49.1. The molecule has 2 aromatic rings. The molecule has 156 valence electrons. The summed E-state index contributed by atoms with van der Waals surface area (Å²) in [6, 6.07) is 7.94. The SMILES string of the molecule is O=C1CCCC2=C1C(c1ccc(-c3ccco3)c(OC(F)(F)F)c1)C1=C(CCS1)N2. The lowest BCUT2D eigenvalue weighted by Gasteiger charge is -2.33. The van der Waals surface area contributed by atoms with Crippen LogP contribution >= 0.6 is 11.8 Å². The monoisotopic (exact) mass is 433 g/mol. The summed E-state index contributed by atoms with van der Waals surface area (Å²) in [5, 5.41) is 3.43. The van der Waals surface area contributed by atoms with E-state index in [4.69, 9.17) is 4.42 Å². The molecule has 1 N–H and O–H groups in total. The number of furan rings is 1. The van der Waals surface area contributed by atoms with Gasteiger partial charge in [-0.3, -0.25) is 4.79 Å². The quantitative estimate of drug-likeness (QED) is 0.654. The fraction of sp³-hybridized carbons (Fsp3) is 0.318. The number of alkyl halides is 3. The molecule has 1 atom stereocenters. The molecule has 8 heteroatoms. The molecule has 5 rings (SSSR count). The zero-order valence-electron chi connectivity index (χ0n) is 15.8. The van der Waals surface area contributed by atoms with Crippen molar-refractivity contribution < 1.29 is 27.1 Å². The smallest absolute Gasteiger partial charge is 0.464 e. The first-order valence-corrected chi connectivity index (χ1v) is 10.7. The van der Waals surface area contributed by atoms with E-state index in [9.17, 15) is 18.0 Å². The highest BCUT2D eigenvalue weighted by Gasteiger charge is 2.39. The lowest BCUT2D eigenvalue weighted by Crippen LogP contribution is -2.30. The summed E-state index contributed by atoms with van der Waals surface area (Å²) in [6.45, 7) is 0. The number of dihydropyridines is 1.